The summed E-state index contributed by atoms with van der Waals surface area (Å²) >= 11 is 0. The molecule has 0 saturated heterocycles. The standard InChI is InChI=1S/C21H20F3NO6/c1-29-14-5-9-4-12-17-11(13(26)8-25(12)20(28)21(22,23)24)7-16(31-3)19(27)18(17)10(9)6-15(14)30-2/h5-7,12-13,26-27H,4,8H2,1-3H3/t12-,13+/m0/s1. The number of phenols is 1. The molecule has 10 heteroatoms. The third-order valence-electron chi connectivity index (χ3n) is 5.79. The van der Waals surface area contributed by atoms with E-state index < -0.39 is 30.8 Å². The molecule has 0 unspecified atom stereocenters. The van der Waals surface area contributed by atoms with Gasteiger partial charge < -0.3 is 29.3 Å². The van der Waals surface area contributed by atoms with Crippen LogP contribution < -0.4 is 14.2 Å². The van der Waals surface area contributed by atoms with E-state index in [0.29, 0.717) is 33.1 Å². The third kappa shape index (κ3) is 3.13. The summed E-state index contributed by atoms with van der Waals surface area (Å²) in [5, 5.41) is 21.5. The number of phenolic OH excluding ortho intramolecular Hbond substituents is 1. The maximum atomic E-state index is 13.3. The summed E-state index contributed by atoms with van der Waals surface area (Å²) in [5.74, 6) is -1.57. The first kappa shape index (κ1) is 21.1. The maximum Gasteiger partial charge on any atom is 0.471 e. The highest BCUT2D eigenvalue weighted by Crippen LogP contribution is 2.55. The van der Waals surface area contributed by atoms with Crippen LogP contribution in [0.1, 0.15) is 28.8 Å². The van der Waals surface area contributed by atoms with E-state index in [9.17, 15) is 28.2 Å². The van der Waals surface area contributed by atoms with Crippen LogP contribution in [0.25, 0.3) is 11.1 Å². The molecule has 0 fully saturated rings. The van der Waals surface area contributed by atoms with Gasteiger partial charge >= 0.3 is 12.1 Å². The van der Waals surface area contributed by atoms with Crippen molar-refractivity contribution in [2.45, 2.75) is 24.7 Å². The molecular weight excluding hydrogens is 419 g/mol. The van der Waals surface area contributed by atoms with Gasteiger partial charge in [0, 0.05) is 5.56 Å². The molecule has 4 rings (SSSR count). The molecule has 1 amide bonds. The predicted octanol–water partition coefficient (Wildman–Crippen LogP) is 3.12. The molecule has 0 saturated carbocycles. The predicted molar refractivity (Wildman–Crippen MR) is 102 cm³/mol. The van der Waals surface area contributed by atoms with Crippen LogP contribution in [0.15, 0.2) is 18.2 Å². The van der Waals surface area contributed by atoms with Gasteiger partial charge in [-0.2, -0.15) is 13.2 Å². The van der Waals surface area contributed by atoms with Crippen molar-refractivity contribution in [1.82, 2.24) is 4.90 Å². The van der Waals surface area contributed by atoms with Gasteiger partial charge in [0.05, 0.1) is 40.0 Å². The van der Waals surface area contributed by atoms with Crippen LogP contribution in [0.2, 0.25) is 0 Å². The quantitative estimate of drug-likeness (QED) is 0.764. The molecule has 2 atom stereocenters. The summed E-state index contributed by atoms with van der Waals surface area (Å²) in [6.07, 6.45) is -6.45. The Bertz CT molecular complexity index is 1070. The minimum atomic E-state index is -5.11. The summed E-state index contributed by atoms with van der Waals surface area (Å²) in [7, 11) is 4.19. The average Bonchev–Trinajstić information content (AvgIpc) is 2.74. The van der Waals surface area contributed by atoms with Gasteiger partial charge in [-0.1, -0.05) is 0 Å². The average molecular weight is 439 g/mol. The number of halogens is 3. The van der Waals surface area contributed by atoms with E-state index in [2.05, 4.69) is 0 Å². The first-order chi connectivity index (χ1) is 14.6. The number of carbonyl (C=O) groups is 1. The second kappa shape index (κ2) is 7.23. The normalized spacial score (nSPS) is 19.4. The van der Waals surface area contributed by atoms with Crippen LogP contribution in [-0.4, -0.2) is 55.1 Å². The Morgan fingerprint density at radius 2 is 1.68 bits per heavy atom. The van der Waals surface area contributed by atoms with Crippen molar-refractivity contribution in [1.29, 1.82) is 0 Å². The number of hydrogen-bond donors (Lipinski definition) is 2. The number of carbonyl (C=O) groups excluding carboxylic acids is 1. The second-order valence-corrected chi connectivity index (χ2v) is 7.36. The van der Waals surface area contributed by atoms with Gasteiger partial charge in [0.2, 0.25) is 0 Å². The zero-order valence-corrected chi connectivity index (χ0v) is 16.9. The molecule has 2 aliphatic rings. The summed E-state index contributed by atoms with van der Waals surface area (Å²) in [4.78, 5) is 12.8. The lowest BCUT2D eigenvalue weighted by Gasteiger charge is -2.43. The largest absolute Gasteiger partial charge is 0.504 e. The zero-order chi connectivity index (χ0) is 22.7. The number of amides is 1. The van der Waals surface area contributed by atoms with Gasteiger partial charge in [-0.15, -0.1) is 0 Å². The van der Waals surface area contributed by atoms with Crippen molar-refractivity contribution in [3.8, 4) is 34.1 Å². The Morgan fingerprint density at radius 3 is 2.26 bits per heavy atom. The molecule has 0 spiro atoms. The molecule has 1 heterocycles. The minimum absolute atomic E-state index is 0.0377. The van der Waals surface area contributed by atoms with Crippen molar-refractivity contribution in [3.63, 3.8) is 0 Å². The fourth-order valence-electron chi connectivity index (χ4n) is 4.44. The Kier molecular flexibility index (Phi) is 4.92. The molecule has 2 aromatic carbocycles. The van der Waals surface area contributed by atoms with Gasteiger partial charge in [0.15, 0.2) is 23.0 Å². The highest BCUT2D eigenvalue weighted by Gasteiger charge is 2.50. The third-order valence-corrected chi connectivity index (χ3v) is 5.79. The first-order valence-electron chi connectivity index (χ1n) is 9.37. The van der Waals surface area contributed by atoms with E-state index in [1.165, 1.54) is 27.4 Å². The highest BCUT2D eigenvalue weighted by atomic mass is 19.4. The zero-order valence-electron chi connectivity index (χ0n) is 16.9. The number of aliphatic hydroxyl groups excluding tert-OH is 1. The van der Waals surface area contributed by atoms with E-state index in [-0.39, 0.29) is 29.0 Å². The van der Waals surface area contributed by atoms with Crippen LogP contribution in [0.5, 0.6) is 23.0 Å². The monoisotopic (exact) mass is 439 g/mol. The fraction of sp³-hybridized carbons (Fsp3) is 0.381. The number of aliphatic hydroxyl groups is 1. The van der Waals surface area contributed by atoms with Gasteiger partial charge in [-0.05, 0) is 46.9 Å². The molecule has 0 radical (unpaired) electrons. The van der Waals surface area contributed by atoms with E-state index in [1.807, 2.05) is 0 Å². The minimum Gasteiger partial charge on any atom is -0.504 e. The number of fused-ring (bicyclic) bond motifs is 2. The van der Waals surface area contributed by atoms with Crippen LogP contribution >= 0.6 is 0 Å². The Balaban J connectivity index is 2.03. The lowest BCUT2D eigenvalue weighted by Crippen LogP contribution is -2.49. The number of rotatable bonds is 3. The van der Waals surface area contributed by atoms with E-state index in [4.69, 9.17) is 14.2 Å². The molecule has 166 valence electrons. The molecule has 0 bridgehead atoms. The highest BCUT2D eigenvalue weighted by molar-refractivity contribution is 5.88. The number of aromatic hydroxyl groups is 1. The maximum absolute atomic E-state index is 13.3. The second-order valence-electron chi connectivity index (χ2n) is 7.36. The summed E-state index contributed by atoms with van der Waals surface area (Å²) in [6.45, 7) is -0.536. The van der Waals surface area contributed by atoms with Crippen molar-refractivity contribution < 1.29 is 42.4 Å². The van der Waals surface area contributed by atoms with Gasteiger partial charge in [0.1, 0.15) is 0 Å². The molecule has 2 N–H and O–H groups in total. The first-order valence-corrected chi connectivity index (χ1v) is 9.37. The molecular formula is C21H20F3NO6. The number of methoxy groups -OCH3 is 3. The van der Waals surface area contributed by atoms with Crippen molar-refractivity contribution in [2.75, 3.05) is 27.9 Å². The lowest BCUT2D eigenvalue weighted by molar-refractivity contribution is -0.190. The Labute approximate surface area is 175 Å². The molecule has 2 aromatic rings. The summed E-state index contributed by atoms with van der Waals surface area (Å²) < 4.78 is 55.8. The van der Waals surface area contributed by atoms with E-state index in [0.717, 1.165) is 0 Å². The topological polar surface area (TPSA) is 88.5 Å². The van der Waals surface area contributed by atoms with Gasteiger partial charge in [0.25, 0.3) is 0 Å². The fourth-order valence-corrected chi connectivity index (χ4v) is 4.44. The van der Waals surface area contributed by atoms with Crippen LogP contribution in [0, 0.1) is 0 Å². The number of hydrogen-bond acceptors (Lipinski definition) is 6. The van der Waals surface area contributed by atoms with Crippen LogP contribution in [-0.2, 0) is 11.2 Å². The number of alkyl halides is 3. The van der Waals surface area contributed by atoms with Crippen molar-refractivity contribution >= 4 is 5.91 Å². The SMILES string of the molecule is COc1cc2c(cc1OC)-c1c(O)c(OC)cc3c1[C@H](C2)N(C(=O)C(F)(F)F)C[C@H]3O. The van der Waals surface area contributed by atoms with Crippen LogP contribution in [0.4, 0.5) is 13.2 Å². The number of ether oxygens (including phenoxy) is 3. The van der Waals surface area contributed by atoms with Crippen molar-refractivity contribution in [3.05, 3.63) is 34.9 Å². The Hall–Kier alpha value is -3.14. The molecule has 7 nitrogen and oxygen atoms in total. The molecule has 1 aliphatic carbocycles. The number of β-amino-alcohol motifs (C(OH)–C–C–N with tert-alkyl or cyclic N) is 1. The molecule has 1 aliphatic heterocycles. The lowest BCUT2D eigenvalue weighted by atomic mass is 9.75. The molecule has 31 heavy (non-hydrogen) atoms. The summed E-state index contributed by atoms with van der Waals surface area (Å²) in [6, 6.07) is 3.57. The number of nitrogens with zero attached hydrogens (tertiary/aromatic N) is 1. The molecule has 0 aromatic heterocycles. The number of benzene rings is 2. The van der Waals surface area contributed by atoms with Crippen molar-refractivity contribution in [2.24, 2.45) is 0 Å². The Morgan fingerprint density at radius 1 is 1.06 bits per heavy atom. The van der Waals surface area contributed by atoms with E-state index in [1.54, 1.807) is 12.1 Å². The van der Waals surface area contributed by atoms with E-state index >= 15 is 0 Å². The smallest absolute Gasteiger partial charge is 0.471 e. The van der Waals surface area contributed by atoms with Crippen LogP contribution in [0.3, 0.4) is 0 Å². The van der Waals surface area contributed by atoms with Gasteiger partial charge in [-0.3, -0.25) is 4.79 Å². The van der Waals surface area contributed by atoms with Gasteiger partial charge in [-0.25, -0.2) is 0 Å². The summed E-state index contributed by atoms with van der Waals surface area (Å²) in [5.41, 5.74) is 1.81.